The standard InChI is InChI=1S/C26H30N4O2/c1-21(19-29-15-17-30(18-16-29)25-13-7-8-14-27-25)28-26(31)20-32-24-12-6-5-11-23(24)22-9-3-2-4-10-22/h2-14,21H,15-20H2,1H3,(H,28,31). The van der Waals surface area contributed by atoms with Gasteiger partial charge in [-0.15, -0.1) is 0 Å². The third-order valence-electron chi connectivity index (χ3n) is 5.62. The van der Waals surface area contributed by atoms with E-state index >= 15 is 0 Å². The predicted octanol–water partition coefficient (Wildman–Crippen LogP) is 3.45. The molecule has 6 heteroatoms. The molecule has 1 atom stereocenters. The zero-order valence-electron chi connectivity index (χ0n) is 18.5. The minimum Gasteiger partial charge on any atom is -0.483 e. The number of benzene rings is 2. The van der Waals surface area contributed by atoms with Crippen LogP contribution in [0.1, 0.15) is 6.92 Å². The van der Waals surface area contributed by atoms with E-state index in [-0.39, 0.29) is 18.6 Å². The third-order valence-corrected chi connectivity index (χ3v) is 5.62. The molecular weight excluding hydrogens is 400 g/mol. The topological polar surface area (TPSA) is 57.7 Å². The van der Waals surface area contributed by atoms with Gasteiger partial charge >= 0.3 is 0 Å². The largest absolute Gasteiger partial charge is 0.483 e. The number of aromatic nitrogens is 1. The van der Waals surface area contributed by atoms with Crippen LogP contribution in [0.15, 0.2) is 79.0 Å². The molecule has 0 aliphatic carbocycles. The van der Waals surface area contributed by atoms with Crippen molar-refractivity contribution in [2.45, 2.75) is 13.0 Å². The Morgan fingerprint density at radius 2 is 1.69 bits per heavy atom. The second-order valence-corrected chi connectivity index (χ2v) is 8.10. The minimum atomic E-state index is -0.104. The second-order valence-electron chi connectivity index (χ2n) is 8.10. The number of hydrogen-bond donors (Lipinski definition) is 1. The summed E-state index contributed by atoms with van der Waals surface area (Å²) >= 11 is 0. The molecular formula is C26H30N4O2. The SMILES string of the molecule is CC(CN1CCN(c2ccccn2)CC1)NC(=O)COc1ccccc1-c1ccccc1. The molecule has 0 saturated carbocycles. The van der Waals surface area contributed by atoms with Crippen molar-refractivity contribution in [2.24, 2.45) is 0 Å². The molecule has 0 spiro atoms. The molecule has 4 rings (SSSR count). The Hall–Kier alpha value is -3.38. The van der Waals surface area contributed by atoms with Crippen LogP contribution < -0.4 is 15.0 Å². The number of carbonyl (C=O) groups is 1. The minimum absolute atomic E-state index is 0.00163. The van der Waals surface area contributed by atoms with Crippen molar-refractivity contribution in [1.82, 2.24) is 15.2 Å². The van der Waals surface area contributed by atoms with Crippen LogP contribution in [0, 0.1) is 0 Å². The van der Waals surface area contributed by atoms with Crippen molar-refractivity contribution in [2.75, 3.05) is 44.2 Å². The van der Waals surface area contributed by atoms with E-state index in [1.807, 2.05) is 79.9 Å². The molecule has 3 aromatic rings. The molecule has 1 N–H and O–H groups in total. The van der Waals surface area contributed by atoms with Crippen molar-refractivity contribution in [3.05, 3.63) is 79.0 Å². The van der Waals surface area contributed by atoms with Gasteiger partial charge in [-0.2, -0.15) is 0 Å². The van der Waals surface area contributed by atoms with Gasteiger partial charge in [-0.1, -0.05) is 54.6 Å². The Bertz CT molecular complexity index is 989. The normalized spacial score (nSPS) is 15.2. The summed E-state index contributed by atoms with van der Waals surface area (Å²) in [5.41, 5.74) is 2.06. The molecule has 2 heterocycles. The molecule has 1 aliphatic rings. The van der Waals surface area contributed by atoms with Crippen molar-refractivity contribution in [3.8, 4) is 16.9 Å². The molecule has 1 saturated heterocycles. The van der Waals surface area contributed by atoms with Gasteiger partial charge in [0.1, 0.15) is 11.6 Å². The molecule has 1 fully saturated rings. The van der Waals surface area contributed by atoms with Gasteiger partial charge in [-0.3, -0.25) is 9.69 Å². The highest BCUT2D eigenvalue weighted by molar-refractivity contribution is 5.78. The van der Waals surface area contributed by atoms with Crippen LogP contribution in [0.2, 0.25) is 0 Å². The van der Waals surface area contributed by atoms with Gasteiger partial charge in [0.2, 0.25) is 0 Å². The van der Waals surface area contributed by atoms with Crippen LogP contribution in [-0.2, 0) is 4.79 Å². The smallest absolute Gasteiger partial charge is 0.258 e. The number of ether oxygens (including phenoxy) is 1. The van der Waals surface area contributed by atoms with E-state index < -0.39 is 0 Å². The maximum Gasteiger partial charge on any atom is 0.258 e. The monoisotopic (exact) mass is 430 g/mol. The van der Waals surface area contributed by atoms with Gasteiger partial charge in [0.05, 0.1) is 0 Å². The molecule has 1 unspecified atom stereocenters. The van der Waals surface area contributed by atoms with Crippen molar-refractivity contribution < 1.29 is 9.53 Å². The van der Waals surface area contributed by atoms with Gasteiger partial charge in [0, 0.05) is 50.5 Å². The van der Waals surface area contributed by atoms with E-state index in [9.17, 15) is 4.79 Å². The number of nitrogens with zero attached hydrogens (tertiary/aromatic N) is 3. The fourth-order valence-corrected chi connectivity index (χ4v) is 4.04. The average molecular weight is 431 g/mol. The van der Waals surface area contributed by atoms with Crippen LogP contribution in [0.3, 0.4) is 0 Å². The lowest BCUT2D eigenvalue weighted by Crippen LogP contribution is -2.51. The number of nitrogens with one attached hydrogen (secondary N) is 1. The van der Waals surface area contributed by atoms with E-state index in [4.69, 9.17) is 4.74 Å². The van der Waals surface area contributed by atoms with Crippen LogP contribution in [0.25, 0.3) is 11.1 Å². The first-order valence-corrected chi connectivity index (χ1v) is 11.1. The molecule has 0 radical (unpaired) electrons. The fraction of sp³-hybridized carbons (Fsp3) is 0.308. The lowest BCUT2D eigenvalue weighted by Gasteiger charge is -2.36. The highest BCUT2D eigenvalue weighted by atomic mass is 16.5. The van der Waals surface area contributed by atoms with Crippen LogP contribution in [0.4, 0.5) is 5.82 Å². The van der Waals surface area contributed by atoms with Gasteiger partial charge in [-0.25, -0.2) is 4.98 Å². The summed E-state index contributed by atoms with van der Waals surface area (Å²) in [4.78, 5) is 21.6. The Balaban J connectivity index is 1.22. The summed E-state index contributed by atoms with van der Waals surface area (Å²) in [6.07, 6.45) is 1.83. The van der Waals surface area contributed by atoms with Crippen molar-refractivity contribution in [1.29, 1.82) is 0 Å². The van der Waals surface area contributed by atoms with Crippen molar-refractivity contribution in [3.63, 3.8) is 0 Å². The first-order valence-electron chi connectivity index (χ1n) is 11.1. The number of anilines is 1. The van der Waals surface area contributed by atoms with E-state index in [0.29, 0.717) is 5.75 Å². The Morgan fingerprint density at radius 1 is 0.969 bits per heavy atom. The number of carbonyl (C=O) groups excluding carboxylic acids is 1. The average Bonchev–Trinajstić information content (AvgIpc) is 2.84. The zero-order valence-corrected chi connectivity index (χ0v) is 18.5. The first-order chi connectivity index (χ1) is 15.7. The first kappa shape index (κ1) is 21.8. The zero-order chi connectivity index (χ0) is 22.2. The molecule has 1 amide bonds. The Morgan fingerprint density at radius 3 is 2.44 bits per heavy atom. The van der Waals surface area contributed by atoms with E-state index in [0.717, 1.165) is 49.7 Å². The maximum absolute atomic E-state index is 12.5. The number of pyridine rings is 1. The number of amides is 1. The summed E-state index contributed by atoms with van der Waals surface area (Å²) in [5, 5.41) is 3.07. The Labute approximate surface area is 189 Å². The van der Waals surface area contributed by atoms with E-state index in [1.54, 1.807) is 0 Å². The van der Waals surface area contributed by atoms with Gasteiger partial charge in [-0.05, 0) is 30.7 Å². The fourth-order valence-electron chi connectivity index (χ4n) is 4.04. The molecule has 0 bridgehead atoms. The van der Waals surface area contributed by atoms with Crippen LogP contribution in [-0.4, -0.2) is 61.2 Å². The summed E-state index contributed by atoms with van der Waals surface area (Å²) in [5.74, 6) is 1.64. The molecule has 1 aromatic heterocycles. The Kier molecular flexibility index (Phi) is 7.35. The molecule has 2 aromatic carbocycles. The third kappa shape index (κ3) is 5.86. The summed E-state index contributed by atoms with van der Waals surface area (Å²) in [6.45, 7) is 6.66. The summed E-state index contributed by atoms with van der Waals surface area (Å²) in [6, 6.07) is 23.9. The van der Waals surface area contributed by atoms with Gasteiger partial charge in [0.15, 0.2) is 6.61 Å². The molecule has 166 valence electrons. The molecule has 6 nitrogen and oxygen atoms in total. The summed E-state index contributed by atoms with van der Waals surface area (Å²) < 4.78 is 5.87. The lowest BCUT2D eigenvalue weighted by molar-refractivity contribution is -0.123. The number of piperazine rings is 1. The highest BCUT2D eigenvalue weighted by Gasteiger charge is 2.20. The molecule has 1 aliphatic heterocycles. The highest BCUT2D eigenvalue weighted by Crippen LogP contribution is 2.29. The number of rotatable bonds is 8. The van der Waals surface area contributed by atoms with E-state index in [1.165, 1.54) is 0 Å². The maximum atomic E-state index is 12.5. The molecule has 32 heavy (non-hydrogen) atoms. The number of hydrogen-bond acceptors (Lipinski definition) is 5. The van der Waals surface area contributed by atoms with Gasteiger partial charge < -0.3 is 15.0 Å². The predicted molar refractivity (Wildman–Crippen MR) is 128 cm³/mol. The number of para-hydroxylation sites is 1. The van der Waals surface area contributed by atoms with Crippen molar-refractivity contribution >= 4 is 11.7 Å². The summed E-state index contributed by atoms with van der Waals surface area (Å²) in [7, 11) is 0. The van der Waals surface area contributed by atoms with Gasteiger partial charge in [0.25, 0.3) is 5.91 Å². The quantitative estimate of drug-likeness (QED) is 0.593. The lowest BCUT2D eigenvalue weighted by atomic mass is 10.1. The van der Waals surface area contributed by atoms with Crippen LogP contribution in [0.5, 0.6) is 5.75 Å². The van der Waals surface area contributed by atoms with Crippen LogP contribution >= 0.6 is 0 Å². The van der Waals surface area contributed by atoms with E-state index in [2.05, 4.69) is 26.2 Å². The second kappa shape index (κ2) is 10.8.